The fourth-order valence-electron chi connectivity index (χ4n) is 2.90. The number of nitrogens with one attached hydrogen (secondary N) is 1. The van der Waals surface area contributed by atoms with Gasteiger partial charge >= 0.3 is 0 Å². The lowest BCUT2D eigenvalue weighted by molar-refractivity contribution is -0.121. The van der Waals surface area contributed by atoms with Gasteiger partial charge in [0.15, 0.2) is 17.0 Å². The number of imidazole rings is 1. The van der Waals surface area contributed by atoms with E-state index in [0.29, 0.717) is 12.6 Å². The van der Waals surface area contributed by atoms with E-state index in [9.17, 15) is 4.79 Å². The van der Waals surface area contributed by atoms with E-state index < -0.39 is 0 Å². The van der Waals surface area contributed by atoms with Gasteiger partial charge in [0.05, 0.1) is 6.33 Å². The first kappa shape index (κ1) is 12.6. The summed E-state index contributed by atoms with van der Waals surface area (Å²) in [6.07, 6.45) is 6.71. The number of rotatable bonds is 2. The second-order valence-corrected chi connectivity index (χ2v) is 5.77. The number of hydrogen-bond acceptors (Lipinski definition) is 5. The van der Waals surface area contributed by atoms with Gasteiger partial charge < -0.3 is 14.8 Å². The SMILES string of the molecule is CC1C(=O)NCCCN1c1ncnc2c1ncn2C1CC1. The molecular weight excluding hydrogens is 268 g/mol. The Bertz CT molecular complexity index is 692. The molecular formula is C14H18N6O. The highest BCUT2D eigenvalue weighted by Crippen LogP contribution is 2.37. The maximum atomic E-state index is 12.0. The Morgan fingerprint density at radius 3 is 2.95 bits per heavy atom. The van der Waals surface area contributed by atoms with Crippen LogP contribution in [0.4, 0.5) is 5.82 Å². The zero-order chi connectivity index (χ0) is 14.4. The van der Waals surface area contributed by atoms with E-state index in [1.54, 1.807) is 6.33 Å². The van der Waals surface area contributed by atoms with Gasteiger partial charge in [0, 0.05) is 19.1 Å². The molecule has 0 aromatic carbocycles. The number of carbonyl (C=O) groups is 1. The Morgan fingerprint density at radius 1 is 1.29 bits per heavy atom. The predicted octanol–water partition coefficient (Wildman–Crippen LogP) is 0.876. The lowest BCUT2D eigenvalue weighted by atomic mass is 10.2. The van der Waals surface area contributed by atoms with E-state index in [4.69, 9.17) is 0 Å². The third-order valence-electron chi connectivity index (χ3n) is 4.27. The maximum absolute atomic E-state index is 12.0. The molecule has 1 amide bonds. The van der Waals surface area contributed by atoms with Crippen molar-refractivity contribution in [3.8, 4) is 0 Å². The Kier molecular flexibility index (Phi) is 2.80. The van der Waals surface area contributed by atoms with Crippen molar-refractivity contribution < 1.29 is 4.79 Å². The number of hydrogen-bond donors (Lipinski definition) is 1. The summed E-state index contributed by atoms with van der Waals surface area (Å²) in [5, 5.41) is 2.93. The molecule has 0 spiro atoms. The minimum atomic E-state index is -0.239. The summed E-state index contributed by atoms with van der Waals surface area (Å²) in [5.41, 5.74) is 1.67. The second-order valence-electron chi connectivity index (χ2n) is 5.77. The fourth-order valence-corrected chi connectivity index (χ4v) is 2.90. The molecule has 0 bridgehead atoms. The van der Waals surface area contributed by atoms with Crippen LogP contribution in [0.15, 0.2) is 12.7 Å². The van der Waals surface area contributed by atoms with Crippen molar-refractivity contribution >= 4 is 22.9 Å². The number of amides is 1. The molecule has 1 unspecified atom stereocenters. The van der Waals surface area contributed by atoms with Gasteiger partial charge in [-0.3, -0.25) is 4.79 Å². The molecule has 1 saturated carbocycles. The van der Waals surface area contributed by atoms with Crippen molar-refractivity contribution in [2.75, 3.05) is 18.0 Å². The van der Waals surface area contributed by atoms with Crippen LogP contribution in [0.3, 0.4) is 0 Å². The number of nitrogens with zero attached hydrogens (tertiary/aromatic N) is 5. The molecule has 2 aromatic rings. The first-order chi connectivity index (χ1) is 10.3. The van der Waals surface area contributed by atoms with Gasteiger partial charge in [0.2, 0.25) is 5.91 Å². The minimum Gasteiger partial charge on any atom is -0.354 e. The zero-order valence-corrected chi connectivity index (χ0v) is 12.0. The van der Waals surface area contributed by atoms with E-state index in [1.165, 1.54) is 12.8 Å². The van der Waals surface area contributed by atoms with E-state index in [-0.39, 0.29) is 11.9 Å². The summed E-state index contributed by atoms with van der Waals surface area (Å²) in [6, 6.07) is 0.291. The van der Waals surface area contributed by atoms with Crippen molar-refractivity contribution in [1.29, 1.82) is 0 Å². The fraction of sp³-hybridized carbons (Fsp3) is 0.571. The molecule has 2 fully saturated rings. The zero-order valence-electron chi connectivity index (χ0n) is 12.0. The van der Waals surface area contributed by atoms with Crippen LogP contribution in [0.5, 0.6) is 0 Å². The van der Waals surface area contributed by atoms with Crippen molar-refractivity contribution in [2.24, 2.45) is 0 Å². The molecule has 1 saturated heterocycles. The molecule has 1 N–H and O–H groups in total. The Balaban J connectivity index is 1.80. The Hall–Kier alpha value is -2.18. The predicted molar refractivity (Wildman–Crippen MR) is 78.0 cm³/mol. The average molecular weight is 286 g/mol. The van der Waals surface area contributed by atoms with Crippen molar-refractivity contribution in [2.45, 2.75) is 38.3 Å². The first-order valence-electron chi connectivity index (χ1n) is 7.47. The van der Waals surface area contributed by atoms with Gasteiger partial charge in [-0.25, -0.2) is 15.0 Å². The molecule has 7 nitrogen and oxygen atoms in total. The van der Waals surface area contributed by atoms with E-state index in [1.807, 2.05) is 18.2 Å². The topological polar surface area (TPSA) is 75.9 Å². The lowest BCUT2D eigenvalue weighted by Crippen LogP contribution is -2.42. The molecule has 2 aromatic heterocycles. The summed E-state index contributed by atoms with van der Waals surface area (Å²) in [6.45, 7) is 3.42. The molecule has 4 rings (SSSR count). The molecule has 3 heterocycles. The van der Waals surface area contributed by atoms with Gasteiger partial charge in [-0.05, 0) is 26.2 Å². The standard InChI is InChI=1S/C14H18N6O/c1-9-14(21)15-5-2-6-19(9)12-11-13(17-7-16-12)20(8-18-11)10-3-4-10/h7-10H,2-6H2,1H3,(H,15,21). The Labute approximate surface area is 122 Å². The van der Waals surface area contributed by atoms with Crippen molar-refractivity contribution in [3.05, 3.63) is 12.7 Å². The largest absolute Gasteiger partial charge is 0.354 e. The van der Waals surface area contributed by atoms with E-state index >= 15 is 0 Å². The highest BCUT2D eigenvalue weighted by molar-refractivity contribution is 5.89. The molecule has 110 valence electrons. The molecule has 2 aliphatic rings. The summed E-state index contributed by atoms with van der Waals surface area (Å²) in [4.78, 5) is 27.4. The number of carbonyl (C=O) groups excluding carboxylic acids is 1. The van der Waals surface area contributed by atoms with Crippen LogP contribution in [-0.2, 0) is 4.79 Å². The summed E-state index contributed by atoms with van der Waals surface area (Å²) >= 11 is 0. The smallest absolute Gasteiger partial charge is 0.242 e. The van der Waals surface area contributed by atoms with Gasteiger partial charge in [-0.15, -0.1) is 0 Å². The average Bonchev–Trinajstić information content (AvgIpc) is 3.27. The van der Waals surface area contributed by atoms with Crippen LogP contribution < -0.4 is 10.2 Å². The third kappa shape index (κ3) is 2.03. The summed E-state index contributed by atoms with van der Waals surface area (Å²) in [7, 11) is 0. The minimum absolute atomic E-state index is 0.0425. The van der Waals surface area contributed by atoms with Crippen LogP contribution in [0.25, 0.3) is 11.2 Å². The summed E-state index contributed by atoms with van der Waals surface area (Å²) in [5.74, 6) is 0.810. The van der Waals surface area contributed by atoms with Crippen molar-refractivity contribution in [1.82, 2.24) is 24.8 Å². The van der Waals surface area contributed by atoms with Crippen LogP contribution in [0.2, 0.25) is 0 Å². The molecule has 1 atom stereocenters. The number of anilines is 1. The Morgan fingerprint density at radius 2 is 2.14 bits per heavy atom. The molecule has 7 heteroatoms. The highest BCUT2D eigenvalue weighted by Gasteiger charge is 2.30. The normalized spacial score (nSPS) is 23.2. The third-order valence-corrected chi connectivity index (χ3v) is 4.27. The lowest BCUT2D eigenvalue weighted by Gasteiger charge is -2.26. The summed E-state index contributed by atoms with van der Waals surface area (Å²) < 4.78 is 2.13. The van der Waals surface area contributed by atoms with Crippen LogP contribution in [0, 0.1) is 0 Å². The van der Waals surface area contributed by atoms with Gasteiger partial charge in [-0.2, -0.15) is 0 Å². The van der Waals surface area contributed by atoms with Gasteiger partial charge in [-0.1, -0.05) is 0 Å². The van der Waals surface area contributed by atoms with Crippen LogP contribution in [-0.4, -0.2) is 44.6 Å². The highest BCUT2D eigenvalue weighted by atomic mass is 16.2. The van der Waals surface area contributed by atoms with Crippen LogP contribution in [0.1, 0.15) is 32.2 Å². The number of fused-ring (bicyclic) bond motifs is 1. The maximum Gasteiger partial charge on any atom is 0.242 e. The first-order valence-corrected chi connectivity index (χ1v) is 7.47. The molecule has 1 aliphatic carbocycles. The second kappa shape index (κ2) is 4.68. The molecule has 0 radical (unpaired) electrons. The van der Waals surface area contributed by atoms with Gasteiger partial charge in [0.1, 0.15) is 12.4 Å². The van der Waals surface area contributed by atoms with E-state index in [0.717, 1.165) is 29.9 Å². The monoisotopic (exact) mass is 286 g/mol. The van der Waals surface area contributed by atoms with Crippen molar-refractivity contribution in [3.63, 3.8) is 0 Å². The van der Waals surface area contributed by atoms with Gasteiger partial charge in [0.25, 0.3) is 0 Å². The molecule has 21 heavy (non-hydrogen) atoms. The molecule has 1 aliphatic heterocycles. The number of aromatic nitrogens is 4. The quantitative estimate of drug-likeness (QED) is 0.886. The van der Waals surface area contributed by atoms with Crippen LogP contribution >= 0.6 is 0 Å². The van der Waals surface area contributed by atoms with E-state index in [2.05, 4.69) is 24.8 Å².